The van der Waals surface area contributed by atoms with Crippen LogP contribution in [0.4, 0.5) is 0 Å². The van der Waals surface area contributed by atoms with Crippen LogP contribution in [0.15, 0.2) is 36.7 Å². The molecule has 4 rings (SSSR count). The first-order valence-corrected chi connectivity index (χ1v) is 8.69. The van der Waals surface area contributed by atoms with Crippen LogP contribution in [-0.2, 0) is 16.1 Å². The molecule has 1 atom stereocenters. The molecule has 1 unspecified atom stereocenters. The smallest absolute Gasteiger partial charge is 0.306 e. The number of para-hydroxylation sites is 1. The van der Waals surface area contributed by atoms with E-state index in [0.717, 1.165) is 24.4 Å². The summed E-state index contributed by atoms with van der Waals surface area (Å²) in [7, 11) is 0. The molecule has 2 heterocycles. The number of benzene rings is 1. The first kappa shape index (κ1) is 16.2. The van der Waals surface area contributed by atoms with E-state index in [0.29, 0.717) is 19.7 Å². The molecule has 0 bridgehead atoms. The van der Waals surface area contributed by atoms with E-state index in [-0.39, 0.29) is 18.1 Å². The lowest BCUT2D eigenvalue weighted by molar-refractivity contribution is -0.161. The van der Waals surface area contributed by atoms with Crippen LogP contribution in [0.1, 0.15) is 31.5 Å². The predicted molar refractivity (Wildman–Crippen MR) is 90.3 cm³/mol. The molecule has 1 saturated heterocycles. The average Bonchev–Trinajstić information content (AvgIpc) is 3.02. The molecule has 1 spiro atoms. The van der Waals surface area contributed by atoms with Crippen LogP contribution < -0.4 is 0 Å². The van der Waals surface area contributed by atoms with Gasteiger partial charge in [0.15, 0.2) is 0 Å². The molecule has 1 aliphatic heterocycles. The largest absolute Gasteiger partial charge is 0.481 e. The number of carboxylic acids is 1. The Morgan fingerprint density at radius 3 is 2.80 bits per heavy atom. The predicted octanol–water partition coefficient (Wildman–Crippen LogP) is 1.87. The molecule has 1 saturated carbocycles. The molecule has 0 amide bonds. The number of carbonyl (C=O) groups is 1. The number of aliphatic carboxylic acids is 1. The third kappa shape index (κ3) is 3.17. The highest BCUT2D eigenvalue weighted by Crippen LogP contribution is 2.41. The number of hydrogen-bond donors (Lipinski definition) is 1. The van der Waals surface area contributed by atoms with Gasteiger partial charge in [-0.2, -0.15) is 5.10 Å². The molecule has 1 N–H and O–H groups in total. The third-order valence-electron chi connectivity index (χ3n) is 5.32. The number of morpholine rings is 1. The van der Waals surface area contributed by atoms with Crippen LogP contribution in [0.3, 0.4) is 0 Å². The maximum Gasteiger partial charge on any atom is 0.306 e. The van der Waals surface area contributed by atoms with Crippen LogP contribution in [0, 0.1) is 0 Å². The quantitative estimate of drug-likeness (QED) is 0.893. The van der Waals surface area contributed by atoms with E-state index < -0.39 is 5.97 Å². The Bertz CT molecular complexity index is 742. The summed E-state index contributed by atoms with van der Waals surface area (Å²) >= 11 is 0. The van der Waals surface area contributed by atoms with Gasteiger partial charge in [-0.25, -0.2) is 9.67 Å². The monoisotopic (exact) mass is 342 g/mol. The Kier molecular flexibility index (Phi) is 4.27. The number of rotatable bonds is 5. The SMILES string of the molecule is O=C(O)CC1CN(Cc2ncnn2-c2ccccc2)C2(CCC2)CO1. The average molecular weight is 342 g/mol. The summed E-state index contributed by atoms with van der Waals surface area (Å²) in [5.41, 5.74) is 1.01. The lowest BCUT2D eigenvalue weighted by atomic mass is 9.74. The summed E-state index contributed by atoms with van der Waals surface area (Å²) in [5, 5.41) is 13.4. The van der Waals surface area contributed by atoms with Crippen LogP contribution in [0.25, 0.3) is 5.69 Å². The molecule has 2 fully saturated rings. The van der Waals surface area contributed by atoms with Gasteiger partial charge in [0, 0.05) is 12.1 Å². The molecule has 7 heteroatoms. The molecule has 132 valence electrons. The minimum absolute atomic E-state index is 0.0302. The maximum absolute atomic E-state index is 11.1. The van der Waals surface area contributed by atoms with Crippen LogP contribution in [-0.4, -0.2) is 55.5 Å². The minimum Gasteiger partial charge on any atom is -0.481 e. The van der Waals surface area contributed by atoms with Gasteiger partial charge in [-0.05, 0) is 31.4 Å². The number of aromatic nitrogens is 3. The highest BCUT2D eigenvalue weighted by molar-refractivity contribution is 5.67. The fourth-order valence-electron chi connectivity index (χ4n) is 3.78. The normalized spacial score (nSPS) is 22.6. The van der Waals surface area contributed by atoms with Crippen LogP contribution >= 0.6 is 0 Å². The van der Waals surface area contributed by atoms with Gasteiger partial charge >= 0.3 is 5.97 Å². The first-order chi connectivity index (χ1) is 12.2. The Morgan fingerprint density at radius 1 is 1.32 bits per heavy atom. The summed E-state index contributed by atoms with van der Waals surface area (Å²) in [6, 6.07) is 9.94. The topological polar surface area (TPSA) is 80.5 Å². The van der Waals surface area contributed by atoms with E-state index in [4.69, 9.17) is 9.84 Å². The summed E-state index contributed by atoms with van der Waals surface area (Å²) in [6.07, 6.45) is 4.72. The summed E-state index contributed by atoms with van der Waals surface area (Å²) in [6.45, 7) is 1.87. The van der Waals surface area contributed by atoms with Crippen LogP contribution in [0.5, 0.6) is 0 Å². The van der Waals surface area contributed by atoms with Crippen molar-refractivity contribution in [3.05, 3.63) is 42.5 Å². The van der Waals surface area contributed by atoms with Crippen molar-refractivity contribution < 1.29 is 14.6 Å². The second kappa shape index (κ2) is 6.57. The lowest BCUT2D eigenvalue weighted by Crippen LogP contribution is -2.62. The van der Waals surface area contributed by atoms with Crippen molar-refractivity contribution >= 4 is 5.97 Å². The van der Waals surface area contributed by atoms with E-state index in [1.807, 2.05) is 35.0 Å². The standard InChI is InChI=1S/C18H22N4O3/c23-17(24)9-15-10-21(18(12-25-15)7-4-8-18)11-16-19-13-20-22(16)14-5-2-1-3-6-14/h1-3,5-6,13,15H,4,7-12H2,(H,23,24). The van der Waals surface area contributed by atoms with E-state index in [9.17, 15) is 4.79 Å². The van der Waals surface area contributed by atoms with Gasteiger partial charge in [0.1, 0.15) is 12.2 Å². The Hall–Kier alpha value is -2.25. The molecule has 1 aliphatic carbocycles. The van der Waals surface area contributed by atoms with E-state index >= 15 is 0 Å². The molecule has 0 radical (unpaired) electrons. The molecule has 1 aromatic heterocycles. The maximum atomic E-state index is 11.1. The van der Waals surface area contributed by atoms with Gasteiger partial charge < -0.3 is 9.84 Å². The van der Waals surface area contributed by atoms with Crippen molar-refractivity contribution in [3.63, 3.8) is 0 Å². The third-order valence-corrected chi connectivity index (χ3v) is 5.32. The zero-order valence-electron chi connectivity index (χ0n) is 14.0. The summed E-state index contributed by atoms with van der Waals surface area (Å²) in [4.78, 5) is 17.9. The summed E-state index contributed by atoms with van der Waals surface area (Å²) < 4.78 is 7.70. The first-order valence-electron chi connectivity index (χ1n) is 8.69. The zero-order valence-corrected chi connectivity index (χ0v) is 14.0. The van der Waals surface area contributed by atoms with Gasteiger partial charge in [0.2, 0.25) is 0 Å². The van der Waals surface area contributed by atoms with Crippen molar-refractivity contribution in [2.75, 3.05) is 13.2 Å². The molecule has 25 heavy (non-hydrogen) atoms. The van der Waals surface area contributed by atoms with Crippen molar-refractivity contribution in [1.29, 1.82) is 0 Å². The highest BCUT2D eigenvalue weighted by atomic mass is 16.5. The molecule has 1 aromatic carbocycles. The second-order valence-electron chi connectivity index (χ2n) is 6.91. The fraction of sp³-hybridized carbons (Fsp3) is 0.500. The van der Waals surface area contributed by atoms with Crippen molar-refractivity contribution in [2.45, 2.75) is 43.9 Å². The second-order valence-corrected chi connectivity index (χ2v) is 6.91. The Labute approximate surface area is 146 Å². The molecule has 2 aromatic rings. The van der Waals surface area contributed by atoms with Crippen molar-refractivity contribution in [3.8, 4) is 5.69 Å². The fourth-order valence-corrected chi connectivity index (χ4v) is 3.78. The minimum atomic E-state index is -0.818. The summed E-state index contributed by atoms with van der Waals surface area (Å²) in [5.74, 6) is 0.0513. The molecule has 2 aliphatic rings. The van der Waals surface area contributed by atoms with Gasteiger partial charge in [0.25, 0.3) is 0 Å². The van der Waals surface area contributed by atoms with Crippen molar-refractivity contribution in [1.82, 2.24) is 19.7 Å². The van der Waals surface area contributed by atoms with Gasteiger partial charge in [0.05, 0.1) is 31.4 Å². The Balaban J connectivity index is 1.56. The Morgan fingerprint density at radius 2 is 2.12 bits per heavy atom. The van der Waals surface area contributed by atoms with Gasteiger partial charge in [-0.3, -0.25) is 9.69 Å². The van der Waals surface area contributed by atoms with E-state index in [1.165, 1.54) is 6.42 Å². The highest BCUT2D eigenvalue weighted by Gasteiger charge is 2.47. The van der Waals surface area contributed by atoms with Crippen molar-refractivity contribution in [2.24, 2.45) is 0 Å². The molecular formula is C18H22N4O3. The number of nitrogens with zero attached hydrogens (tertiary/aromatic N) is 4. The number of hydrogen-bond acceptors (Lipinski definition) is 5. The van der Waals surface area contributed by atoms with E-state index in [1.54, 1.807) is 6.33 Å². The zero-order chi connectivity index (χ0) is 17.3. The molecule has 7 nitrogen and oxygen atoms in total. The van der Waals surface area contributed by atoms with E-state index in [2.05, 4.69) is 15.0 Å². The van der Waals surface area contributed by atoms with Crippen LogP contribution in [0.2, 0.25) is 0 Å². The van der Waals surface area contributed by atoms with Gasteiger partial charge in [-0.1, -0.05) is 18.2 Å². The van der Waals surface area contributed by atoms with Gasteiger partial charge in [-0.15, -0.1) is 0 Å². The molecular weight excluding hydrogens is 320 g/mol. The number of carboxylic acid groups (broad SMARTS) is 1. The number of ether oxygens (including phenoxy) is 1. The lowest BCUT2D eigenvalue weighted by Gasteiger charge is -2.54.